The van der Waals surface area contributed by atoms with Crippen molar-refractivity contribution < 1.29 is 17.9 Å². The number of para-hydroxylation sites is 1. The van der Waals surface area contributed by atoms with Crippen molar-refractivity contribution in [2.24, 2.45) is 17.3 Å². The molecule has 1 amide bonds. The molecule has 2 saturated heterocycles. The Hall–Kier alpha value is -1.68. The molecule has 0 bridgehead atoms. The Balaban J connectivity index is 1.56. The molecule has 2 N–H and O–H groups in total. The topological polar surface area (TPSA) is 91.0 Å². The van der Waals surface area contributed by atoms with Crippen molar-refractivity contribution in [2.75, 3.05) is 39.3 Å². The van der Waals surface area contributed by atoms with Gasteiger partial charge < -0.3 is 9.64 Å². The Labute approximate surface area is 185 Å². The number of likely N-dealkylation sites (tertiary alicyclic amines) is 1. The minimum Gasteiger partial charge on any atom is -0.492 e. The van der Waals surface area contributed by atoms with Crippen molar-refractivity contribution in [3.8, 4) is 5.75 Å². The number of ether oxygens (including phenoxy) is 1. The molecule has 1 aromatic carbocycles. The monoisotopic (exact) mass is 450 g/mol. The van der Waals surface area contributed by atoms with E-state index in [-0.39, 0.29) is 34.1 Å². The average Bonchev–Trinajstić information content (AvgIpc) is 3.17. The van der Waals surface area contributed by atoms with Gasteiger partial charge in [0.1, 0.15) is 10.6 Å². The number of nitrogens with one attached hydrogen (secondary N) is 2. The summed E-state index contributed by atoms with van der Waals surface area (Å²) in [5.74, 6) is 0.742. The second-order valence-corrected chi connectivity index (χ2v) is 11.6. The molecule has 3 aliphatic rings. The molecule has 1 spiro atoms. The van der Waals surface area contributed by atoms with Gasteiger partial charge in [0.15, 0.2) is 0 Å². The fraction of sp³-hybridized carbons (Fsp3) is 0.682. The summed E-state index contributed by atoms with van der Waals surface area (Å²) in [6.07, 6.45) is 1.46. The van der Waals surface area contributed by atoms with Crippen LogP contribution in [-0.4, -0.2) is 68.9 Å². The van der Waals surface area contributed by atoms with Gasteiger partial charge in [-0.1, -0.05) is 26.0 Å². The number of fused-ring (bicyclic) bond motifs is 1. The Morgan fingerprint density at radius 3 is 2.61 bits per heavy atom. The van der Waals surface area contributed by atoms with E-state index in [0.29, 0.717) is 45.1 Å². The highest BCUT2D eigenvalue weighted by molar-refractivity contribution is 7.89. The number of sulfonamides is 1. The number of benzene rings is 1. The fourth-order valence-corrected chi connectivity index (χ4v) is 6.72. The molecule has 9 heteroatoms. The number of hydrogen-bond acceptors (Lipinski definition) is 6. The largest absolute Gasteiger partial charge is 0.492 e. The van der Waals surface area contributed by atoms with Gasteiger partial charge >= 0.3 is 0 Å². The molecule has 2 atom stereocenters. The van der Waals surface area contributed by atoms with Crippen LogP contribution < -0.4 is 15.6 Å². The summed E-state index contributed by atoms with van der Waals surface area (Å²) >= 11 is 0. The first-order valence-electron chi connectivity index (χ1n) is 11.2. The van der Waals surface area contributed by atoms with Crippen molar-refractivity contribution in [1.82, 2.24) is 20.1 Å². The highest BCUT2D eigenvalue weighted by Crippen LogP contribution is 2.39. The van der Waals surface area contributed by atoms with Crippen LogP contribution in [0.15, 0.2) is 29.2 Å². The number of amides is 1. The number of carbonyl (C=O) groups excluding carboxylic acids is 1. The summed E-state index contributed by atoms with van der Waals surface area (Å²) in [6, 6.07) is 7.02. The third-order valence-electron chi connectivity index (χ3n) is 6.79. The summed E-state index contributed by atoms with van der Waals surface area (Å²) < 4.78 is 34.7. The molecule has 2 unspecified atom stereocenters. The lowest BCUT2D eigenvalue weighted by Gasteiger charge is -2.45. The summed E-state index contributed by atoms with van der Waals surface area (Å²) in [4.78, 5) is 15.2. The predicted octanol–water partition coefficient (Wildman–Crippen LogP) is 1.45. The fourth-order valence-electron chi connectivity index (χ4n) is 4.87. The van der Waals surface area contributed by atoms with Gasteiger partial charge in [-0.25, -0.2) is 8.42 Å². The zero-order chi connectivity index (χ0) is 22.2. The third kappa shape index (κ3) is 4.46. The minimum absolute atomic E-state index is 0.0627. The smallest absolute Gasteiger partial charge is 0.246 e. The highest BCUT2D eigenvalue weighted by atomic mass is 32.2. The number of hydrogen-bond donors (Lipinski definition) is 2. The molecule has 3 heterocycles. The van der Waals surface area contributed by atoms with E-state index >= 15 is 0 Å². The lowest BCUT2D eigenvalue weighted by molar-refractivity contribution is -0.138. The van der Waals surface area contributed by atoms with Gasteiger partial charge in [0.2, 0.25) is 15.9 Å². The van der Waals surface area contributed by atoms with Gasteiger partial charge in [-0.3, -0.25) is 15.6 Å². The Kier molecular flexibility index (Phi) is 6.31. The molecule has 4 rings (SSSR count). The summed E-state index contributed by atoms with van der Waals surface area (Å²) in [6.45, 7) is 9.34. The van der Waals surface area contributed by atoms with Crippen molar-refractivity contribution >= 4 is 15.9 Å². The molecule has 1 aromatic rings. The quantitative estimate of drug-likeness (QED) is 0.724. The van der Waals surface area contributed by atoms with E-state index in [1.807, 2.05) is 31.7 Å². The van der Waals surface area contributed by atoms with Crippen LogP contribution in [0.4, 0.5) is 0 Å². The summed E-state index contributed by atoms with van der Waals surface area (Å²) in [7, 11) is -3.65. The van der Waals surface area contributed by atoms with E-state index in [9.17, 15) is 13.2 Å². The molecule has 0 aliphatic carbocycles. The van der Waals surface area contributed by atoms with Gasteiger partial charge in [-0.2, -0.15) is 4.31 Å². The molecule has 2 fully saturated rings. The van der Waals surface area contributed by atoms with Crippen LogP contribution in [0, 0.1) is 17.3 Å². The minimum atomic E-state index is -3.65. The van der Waals surface area contributed by atoms with Crippen LogP contribution in [0.2, 0.25) is 0 Å². The number of rotatable bonds is 3. The van der Waals surface area contributed by atoms with E-state index in [2.05, 4.69) is 10.9 Å². The van der Waals surface area contributed by atoms with Crippen LogP contribution in [0.25, 0.3) is 0 Å². The second-order valence-electron chi connectivity index (χ2n) is 9.67. The van der Waals surface area contributed by atoms with E-state index in [0.717, 1.165) is 12.8 Å². The van der Waals surface area contributed by atoms with Gasteiger partial charge in [-0.05, 0) is 37.8 Å². The standard InChI is InChI=1S/C22H34N4O4S/c1-16(2)13-26-14-22(15-30-19-6-4-5-7-20(19)31(26,28)29)8-10-25(11-9-22)21(27)18-12-23-24-17(18)3/h4-7,16-18,23-24H,8-15H2,1-3H3. The molecular weight excluding hydrogens is 416 g/mol. The van der Waals surface area contributed by atoms with E-state index in [1.54, 1.807) is 22.5 Å². The zero-order valence-corrected chi connectivity index (χ0v) is 19.5. The summed E-state index contributed by atoms with van der Waals surface area (Å²) in [5, 5.41) is 0. The highest BCUT2D eigenvalue weighted by Gasteiger charge is 2.44. The Morgan fingerprint density at radius 2 is 1.97 bits per heavy atom. The van der Waals surface area contributed by atoms with Crippen LogP contribution in [-0.2, 0) is 14.8 Å². The molecule has 0 aromatic heterocycles. The van der Waals surface area contributed by atoms with E-state index in [4.69, 9.17) is 4.74 Å². The van der Waals surface area contributed by atoms with Crippen LogP contribution in [0.1, 0.15) is 33.6 Å². The van der Waals surface area contributed by atoms with Crippen LogP contribution in [0.5, 0.6) is 5.75 Å². The zero-order valence-electron chi connectivity index (χ0n) is 18.6. The predicted molar refractivity (Wildman–Crippen MR) is 118 cm³/mol. The molecule has 0 saturated carbocycles. The molecule has 0 radical (unpaired) electrons. The molecule has 3 aliphatic heterocycles. The summed E-state index contributed by atoms with van der Waals surface area (Å²) in [5.41, 5.74) is 5.88. The van der Waals surface area contributed by atoms with E-state index in [1.165, 1.54) is 0 Å². The normalized spacial score (nSPS) is 28.1. The Morgan fingerprint density at radius 1 is 1.26 bits per heavy atom. The van der Waals surface area contributed by atoms with E-state index < -0.39 is 10.0 Å². The van der Waals surface area contributed by atoms with Crippen molar-refractivity contribution in [1.29, 1.82) is 0 Å². The maximum atomic E-state index is 13.5. The third-order valence-corrected chi connectivity index (χ3v) is 8.64. The number of nitrogens with zero attached hydrogens (tertiary/aromatic N) is 2. The molecule has 31 heavy (non-hydrogen) atoms. The van der Waals surface area contributed by atoms with Gasteiger partial charge in [-0.15, -0.1) is 0 Å². The first kappa shape index (κ1) is 22.5. The van der Waals surface area contributed by atoms with Crippen LogP contribution in [0.3, 0.4) is 0 Å². The first-order chi connectivity index (χ1) is 14.7. The molecule has 8 nitrogen and oxygen atoms in total. The van der Waals surface area contributed by atoms with Crippen molar-refractivity contribution in [2.45, 2.75) is 44.6 Å². The van der Waals surface area contributed by atoms with Gasteiger partial charge in [0.25, 0.3) is 0 Å². The van der Waals surface area contributed by atoms with Gasteiger partial charge in [0.05, 0.1) is 12.5 Å². The lowest BCUT2D eigenvalue weighted by Crippen LogP contribution is -2.54. The number of carbonyl (C=O) groups is 1. The number of piperidine rings is 1. The van der Waals surface area contributed by atoms with Crippen molar-refractivity contribution in [3.63, 3.8) is 0 Å². The maximum Gasteiger partial charge on any atom is 0.246 e. The van der Waals surface area contributed by atoms with Crippen molar-refractivity contribution in [3.05, 3.63) is 24.3 Å². The molecule has 172 valence electrons. The Bertz CT molecular complexity index is 912. The SMILES string of the molecule is CC(C)CN1CC2(CCN(C(=O)C3CNNC3C)CC2)COc2ccccc2S1(=O)=O. The average molecular weight is 451 g/mol. The first-order valence-corrected chi connectivity index (χ1v) is 12.6. The van der Waals surface area contributed by atoms with Gasteiger partial charge in [0, 0.05) is 44.2 Å². The number of hydrazine groups is 1. The lowest BCUT2D eigenvalue weighted by atomic mass is 9.78. The molecular formula is C22H34N4O4S. The maximum absolute atomic E-state index is 13.5. The van der Waals surface area contributed by atoms with Crippen LogP contribution >= 0.6 is 0 Å². The second kappa shape index (κ2) is 8.69.